The minimum Gasteiger partial charge on any atom is -0.356 e. The van der Waals surface area contributed by atoms with E-state index in [0.29, 0.717) is 12.5 Å². The van der Waals surface area contributed by atoms with E-state index in [1.807, 2.05) is 6.92 Å². The molecule has 21 heavy (non-hydrogen) atoms. The van der Waals surface area contributed by atoms with Crippen LogP contribution < -0.4 is 11.1 Å². The van der Waals surface area contributed by atoms with Crippen LogP contribution in [0.25, 0.3) is 10.8 Å². The number of fused-ring (bicyclic) bond motifs is 1. The van der Waals surface area contributed by atoms with Crippen molar-refractivity contribution in [3.63, 3.8) is 0 Å². The number of carbonyl (C=O) groups excluding carboxylic acids is 1. The van der Waals surface area contributed by atoms with Crippen molar-refractivity contribution in [3.05, 3.63) is 48.0 Å². The summed E-state index contributed by atoms with van der Waals surface area (Å²) < 4.78 is 0. The lowest BCUT2D eigenvalue weighted by molar-refractivity contribution is -0.122. The molecule has 1 aliphatic rings. The van der Waals surface area contributed by atoms with Crippen molar-refractivity contribution in [1.29, 1.82) is 0 Å². The van der Waals surface area contributed by atoms with Gasteiger partial charge in [-0.2, -0.15) is 0 Å². The molecule has 1 amide bonds. The van der Waals surface area contributed by atoms with Crippen molar-refractivity contribution in [2.45, 2.75) is 31.7 Å². The molecular formula is C18H22N2O. The Balaban J connectivity index is 1.68. The smallest absolute Gasteiger partial charge is 0.223 e. The van der Waals surface area contributed by atoms with Crippen molar-refractivity contribution in [2.75, 3.05) is 6.54 Å². The number of amides is 1. The molecule has 3 nitrogen and oxygen atoms in total. The maximum absolute atomic E-state index is 12.2. The highest BCUT2D eigenvalue weighted by Crippen LogP contribution is 2.49. The highest BCUT2D eigenvalue weighted by molar-refractivity contribution is 5.89. The number of benzene rings is 2. The number of rotatable bonds is 5. The first-order chi connectivity index (χ1) is 10.2. The van der Waals surface area contributed by atoms with Gasteiger partial charge < -0.3 is 11.1 Å². The Labute approximate surface area is 125 Å². The van der Waals surface area contributed by atoms with Gasteiger partial charge in [0.1, 0.15) is 0 Å². The van der Waals surface area contributed by atoms with Gasteiger partial charge in [0.15, 0.2) is 0 Å². The van der Waals surface area contributed by atoms with Crippen molar-refractivity contribution in [3.8, 4) is 0 Å². The minimum atomic E-state index is 0.129. The second kappa shape index (κ2) is 5.86. The van der Waals surface area contributed by atoms with E-state index in [9.17, 15) is 4.79 Å². The number of carbonyl (C=O) groups is 1. The van der Waals surface area contributed by atoms with Gasteiger partial charge in [-0.1, -0.05) is 42.5 Å². The lowest BCUT2D eigenvalue weighted by Crippen LogP contribution is -2.30. The molecule has 0 aliphatic heterocycles. The summed E-state index contributed by atoms with van der Waals surface area (Å²) in [7, 11) is 0. The van der Waals surface area contributed by atoms with Crippen LogP contribution >= 0.6 is 0 Å². The molecule has 1 fully saturated rings. The maximum atomic E-state index is 12.2. The third-order valence-corrected chi connectivity index (χ3v) is 4.25. The fraction of sp³-hybridized carbons (Fsp3) is 0.389. The average molecular weight is 282 g/mol. The fourth-order valence-corrected chi connectivity index (χ4v) is 2.96. The Morgan fingerprint density at radius 1 is 1.29 bits per heavy atom. The minimum absolute atomic E-state index is 0.129. The van der Waals surface area contributed by atoms with Gasteiger partial charge >= 0.3 is 0 Å². The lowest BCUT2D eigenvalue weighted by atomic mass is 10.00. The maximum Gasteiger partial charge on any atom is 0.223 e. The van der Waals surface area contributed by atoms with E-state index in [-0.39, 0.29) is 17.9 Å². The molecule has 2 aromatic carbocycles. The summed E-state index contributed by atoms with van der Waals surface area (Å²) in [4.78, 5) is 12.2. The Bertz CT molecular complexity index is 645. The second-order valence-corrected chi connectivity index (χ2v) is 6.07. The number of hydrogen-bond donors (Lipinski definition) is 2. The molecule has 3 rings (SSSR count). The van der Waals surface area contributed by atoms with Gasteiger partial charge in [0.05, 0.1) is 0 Å². The first-order valence-corrected chi connectivity index (χ1v) is 7.68. The van der Waals surface area contributed by atoms with Crippen molar-refractivity contribution in [1.82, 2.24) is 5.32 Å². The van der Waals surface area contributed by atoms with Gasteiger partial charge in [-0.25, -0.2) is 0 Å². The average Bonchev–Trinajstić information content (AvgIpc) is 3.26. The molecule has 1 saturated carbocycles. The molecule has 0 heterocycles. The Kier molecular flexibility index (Phi) is 3.93. The van der Waals surface area contributed by atoms with E-state index >= 15 is 0 Å². The van der Waals surface area contributed by atoms with E-state index < -0.39 is 0 Å². The third kappa shape index (κ3) is 3.08. The van der Waals surface area contributed by atoms with E-state index in [2.05, 4.69) is 47.8 Å². The highest BCUT2D eigenvalue weighted by atomic mass is 16.2. The molecular weight excluding hydrogens is 260 g/mol. The van der Waals surface area contributed by atoms with Crippen LogP contribution in [0.4, 0.5) is 0 Å². The van der Waals surface area contributed by atoms with Crippen molar-refractivity contribution >= 4 is 16.7 Å². The summed E-state index contributed by atoms with van der Waals surface area (Å²) in [5.41, 5.74) is 7.01. The molecule has 110 valence electrons. The molecule has 3 heteroatoms. The topological polar surface area (TPSA) is 55.1 Å². The summed E-state index contributed by atoms with van der Waals surface area (Å²) in [6.45, 7) is 2.64. The molecule has 0 spiro atoms. The first-order valence-electron chi connectivity index (χ1n) is 7.68. The van der Waals surface area contributed by atoms with Crippen LogP contribution in [0.15, 0.2) is 42.5 Å². The molecule has 1 aliphatic carbocycles. The van der Waals surface area contributed by atoms with Crippen LogP contribution in [0, 0.1) is 5.92 Å². The lowest BCUT2D eigenvalue weighted by Gasteiger charge is -2.08. The van der Waals surface area contributed by atoms with Crippen LogP contribution in [-0.4, -0.2) is 18.5 Å². The van der Waals surface area contributed by atoms with E-state index in [1.165, 1.54) is 16.3 Å². The standard InChI is InChI=1S/C18H22N2O/c1-12(19)9-10-20-18(21)17-11-16(17)15-8-4-6-13-5-2-3-7-14(13)15/h2-8,12,16-17H,9-11,19H2,1H3,(H,20,21). The summed E-state index contributed by atoms with van der Waals surface area (Å²) in [5.74, 6) is 0.670. The van der Waals surface area contributed by atoms with Crippen molar-refractivity contribution in [2.24, 2.45) is 11.7 Å². The number of nitrogens with two attached hydrogens (primary N) is 1. The molecule has 0 bridgehead atoms. The summed E-state index contributed by atoms with van der Waals surface area (Å²) >= 11 is 0. The Morgan fingerprint density at radius 3 is 2.86 bits per heavy atom. The molecule has 3 unspecified atom stereocenters. The normalized spacial score (nSPS) is 22.0. The van der Waals surface area contributed by atoms with Crippen LogP contribution in [0.5, 0.6) is 0 Å². The molecule has 0 aromatic heterocycles. The van der Waals surface area contributed by atoms with Gasteiger partial charge in [-0.3, -0.25) is 4.79 Å². The quantitative estimate of drug-likeness (QED) is 0.886. The number of nitrogens with one attached hydrogen (secondary N) is 1. The van der Waals surface area contributed by atoms with Gasteiger partial charge in [-0.15, -0.1) is 0 Å². The van der Waals surface area contributed by atoms with E-state index in [1.54, 1.807) is 0 Å². The van der Waals surface area contributed by atoms with E-state index in [4.69, 9.17) is 5.73 Å². The monoisotopic (exact) mass is 282 g/mol. The highest BCUT2D eigenvalue weighted by Gasteiger charge is 2.44. The van der Waals surface area contributed by atoms with Crippen LogP contribution in [0.2, 0.25) is 0 Å². The van der Waals surface area contributed by atoms with Crippen molar-refractivity contribution < 1.29 is 4.79 Å². The van der Waals surface area contributed by atoms with Crippen LogP contribution in [0.3, 0.4) is 0 Å². The van der Waals surface area contributed by atoms with Gasteiger partial charge in [0.25, 0.3) is 0 Å². The van der Waals surface area contributed by atoms with Gasteiger partial charge in [0, 0.05) is 18.5 Å². The Hall–Kier alpha value is -1.87. The SMILES string of the molecule is CC(N)CCNC(=O)C1CC1c1cccc2ccccc12. The molecule has 3 atom stereocenters. The molecule has 0 saturated heterocycles. The van der Waals surface area contributed by atoms with Gasteiger partial charge in [-0.05, 0) is 42.0 Å². The first kappa shape index (κ1) is 14.1. The van der Waals surface area contributed by atoms with Crippen LogP contribution in [-0.2, 0) is 4.79 Å². The zero-order valence-corrected chi connectivity index (χ0v) is 12.4. The predicted molar refractivity (Wildman–Crippen MR) is 86.1 cm³/mol. The molecule has 3 N–H and O–H groups in total. The van der Waals surface area contributed by atoms with E-state index in [0.717, 1.165) is 12.8 Å². The Morgan fingerprint density at radius 2 is 2.05 bits per heavy atom. The molecule has 2 aromatic rings. The zero-order valence-electron chi connectivity index (χ0n) is 12.4. The van der Waals surface area contributed by atoms with Crippen LogP contribution in [0.1, 0.15) is 31.2 Å². The molecule has 0 radical (unpaired) electrons. The summed E-state index contributed by atoms with van der Waals surface area (Å²) in [6, 6.07) is 14.9. The van der Waals surface area contributed by atoms with Gasteiger partial charge in [0.2, 0.25) is 5.91 Å². The third-order valence-electron chi connectivity index (χ3n) is 4.25. The largest absolute Gasteiger partial charge is 0.356 e. The number of hydrogen-bond acceptors (Lipinski definition) is 2. The summed E-state index contributed by atoms with van der Waals surface area (Å²) in [6.07, 6.45) is 1.79. The fourth-order valence-electron chi connectivity index (χ4n) is 2.96. The zero-order chi connectivity index (χ0) is 14.8. The predicted octanol–water partition coefficient (Wildman–Crippen LogP) is 2.80. The summed E-state index contributed by atoms with van der Waals surface area (Å²) in [5, 5.41) is 5.53. The second-order valence-electron chi connectivity index (χ2n) is 6.07.